The number of aliphatic carboxylic acids is 1. The summed E-state index contributed by atoms with van der Waals surface area (Å²) in [6.07, 6.45) is 0. The number of nitrogens with two attached hydrogens (primary N) is 1. The number of hydrogen-bond acceptors (Lipinski definition) is 11. The third-order valence-corrected chi connectivity index (χ3v) is 6.82. The third-order valence-electron chi connectivity index (χ3n) is 4.80. The molecule has 14 heteroatoms. The summed E-state index contributed by atoms with van der Waals surface area (Å²) in [6.45, 7) is 6.86. The second-order valence-electron chi connectivity index (χ2n) is 8.38. The number of oxime groups is 1. The van der Waals surface area contributed by atoms with Crippen LogP contribution in [0.2, 0.25) is 0 Å². The van der Waals surface area contributed by atoms with Crippen LogP contribution in [0.15, 0.2) is 10.5 Å². The van der Waals surface area contributed by atoms with Gasteiger partial charge in [0.25, 0.3) is 5.91 Å². The summed E-state index contributed by atoms with van der Waals surface area (Å²) < 4.78 is 5.18. The van der Waals surface area contributed by atoms with Gasteiger partial charge < -0.3 is 30.6 Å². The smallest absolute Gasteiger partial charge is 0.352 e. The number of carbonyl (C=O) groups is 4. The van der Waals surface area contributed by atoms with Crippen molar-refractivity contribution in [3.63, 3.8) is 0 Å². The molecule has 0 spiro atoms. The van der Waals surface area contributed by atoms with Gasteiger partial charge in [0.05, 0.1) is 6.61 Å². The van der Waals surface area contributed by atoms with Crippen LogP contribution in [-0.2, 0) is 28.8 Å². The van der Waals surface area contributed by atoms with Crippen molar-refractivity contribution in [2.75, 3.05) is 18.1 Å². The molecule has 2 fully saturated rings. The number of carboxylic acids is 1. The molecule has 0 radical (unpaired) electrons. The normalized spacial score (nSPS) is 22.6. The fourth-order valence-corrected chi connectivity index (χ4v) is 5.03. The molecule has 4 N–H and O–H groups in total. The standard InChI is InChI=1S/C19H25N5O7S2/c1-8(2)5-30-17(29)19(3,4)31-23-11(9-6-33-18(20)21-9)13(25)22-12-14(26)24-10(16(27)28)7-32-15(12)24/h6,8,10,12,15H,5,7H2,1-4H3,(H2,20,21)(H,22,25)(H,27,28)/b23-11-/t10?,12?,15-/m1/s1. The summed E-state index contributed by atoms with van der Waals surface area (Å²) in [5.41, 5.74) is 4.00. The summed E-state index contributed by atoms with van der Waals surface area (Å²) in [6, 6.07) is -1.84. The van der Waals surface area contributed by atoms with E-state index in [1.54, 1.807) is 0 Å². The van der Waals surface area contributed by atoms with E-state index in [-0.39, 0.29) is 34.8 Å². The molecule has 3 rings (SSSR count). The number of thiazole rings is 1. The Morgan fingerprint density at radius 2 is 2.12 bits per heavy atom. The molecule has 0 saturated carbocycles. The van der Waals surface area contributed by atoms with Gasteiger partial charge in [-0.1, -0.05) is 19.0 Å². The Kier molecular flexibility index (Phi) is 7.17. The summed E-state index contributed by atoms with van der Waals surface area (Å²) in [5.74, 6) is -2.67. The van der Waals surface area contributed by atoms with Gasteiger partial charge in [-0.2, -0.15) is 0 Å². The minimum absolute atomic E-state index is 0.104. The van der Waals surface area contributed by atoms with Crippen LogP contribution in [0.1, 0.15) is 33.4 Å². The maximum Gasteiger partial charge on any atom is 0.352 e. The number of ether oxygens (including phenoxy) is 1. The van der Waals surface area contributed by atoms with Crippen LogP contribution in [0.4, 0.5) is 5.13 Å². The third kappa shape index (κ3) is 5.21. The van der Waals surface area contributed by atoms with Crippen molar-refractivity contribution in [1.82, 2.24) is 15.2 Å². The maximum atomic E-state index is 13.0. The second kappa shape index (κ2) is 9.55. The van der Waals surface area contributed by atoms with Crippen molar-refractivity contribution in [3.05, 3.63) is 11.1 Å². The van der Waals surface area contributed by atoms with E-state index in [0.29, 0.717) is 0 Å². The predicted molar refractivity (Wildman–Crippen MR) is 120 cm³/mol. The monoisotopic (exact) mass is 499 g/mol. The Balaban J connectivity index is 1.75. The molecule has 12 nitrogen and oxygen atoms in total. The van der Waals surface area contributed by atoms with Gasteiger partial charge in [-0.05, 0) is 19.8 Å². The molecule has 0 aromatic carbocycles. The lowest BCUT2D eigenvalue weighted by Gasteiger charge is -2.43. The first-order valence-corrected chi connectivity index (χ1v) is 12.0. The molecule has 3 atom stereocenters. The molecular formula is C19H25N5O7S2. The Bertz CT molecular complexity index is 993. The van der Waals surface area contributed by atoms with E-state index in [0.717, 1.165) is 11.3 Å². The quantitative estimate of drug-likeness (QED) is 0.185. The lowest BCUT2D eigenvalue weighted by atomic mass is 10.0. The minimum Gasteiger partial charge on any atom is -0.480 e. The summed E-state index contributed by atoms with van der Waals surface area (Å²) in [4.78, 5) is 59.7. The number of rotatable bonds is 9. The first-order valence-electron chi connectivity index (χ1n) is 10.0. The van der Waals surface area contributed by atoms with Gasteiger partial charge in [0.2, 0.25) is 11.5 Å². The fraction of sp³-hybridized carbons (Fsp3) is 0.579. The molecule has 3 heterocycles. The molecule has 2 aliphatic heterocycles. The molecule has 180 valence electrons. The number of nitrogens with zero attached hydrogens (tertiary/aromatic N) is 3. The number of carbonyl (C=O) groups excluding carboxylic acids is 3. The number of carboxylic acid groups (broad SMARTS) is 1. The van der Waals surface area contributed by atoms with Crippen molar-refractivity contribution in [3.8, 4) is 0 Å². The van der Waals surface area contributed by atoms with Gasteiger partial charge >= 0.3 is 11.9 Å². The highest BCUT2D eigenvalue weighted by molar-refractivity contribution is 8.00. The molecule has 2 saturated heterocycles. The van der Waals surface area contributed by atoms with Crippen molar-refractivity contribution in [1.29, 1.82) is 0 Å². The largest absolute Gasteiger partial charge is 0.480 e. The van der Waals surface area contributed by atoms with Crippen molar-refractivity contribution in [2.45, 2.75) is 50.8 Å². The van der Waals surface area contributed by atoms with Crippen LogP contribution in [0.25, 0.3) is 0 Å². The van der Waals surface area contributed by atoms with Gasteiger partial charge in [0.15, 0.2) is 10.8 Å². The highest BCUT2D eigenvalue weighted by atomic mass is 32.2. The number of thioether (sulfide) groups is 1. The van der Waals surface area contributed by atoms with E-state index in [2.05, 4.69) is 15.5 Å². The summed E-state index contributed by atoms with van der Waals surface area (Å²) >= 11 is 2.34. The van der Waals surface area contributed by atoms with Gasteiger partial charge in [-0.3, -0.25) is 9.59 Å². The molecule has 1 aromatic rings. The highest BCUT2D eigenvalue weighted by Crippen LogP contribution is 2.39. The zero-order chi connectivity index (χ0) is 24.5. The van der Waals surface area contributed by atoms with Crippen LogP contribution in [-0.4, -0.2) is 79.9 Å². The van der Waals surface area contributed by atoms with E-state index >= 15 is 0 Å². The van der Waals surface area contributed by atoms with Crippen LogP contribution in [0.5, 0.6) is 0 Å². The molecule has 1 aromatic heterocycles. The van der Waals surface area contributed by atoms with Crippen molar-refractivity contribution in [2.24, 2.45) is 11.1 Å². The molecule has 2 aliphatic rings. The van der Waals surface area contributed by atoms with E-state index in [4.69, 9.17) is 15.3 Å². The first kappa shape index (κ1) is 24.8. The topological polar surface area (TPSA) is 174 Å². The number of esters is 1. The Morgan fingerprint density at radius 1 is 1.42 bits per heavy atom. The number of anilines is 1. The SMILES string of the molecule is CC(C)COC(=O)C(C)(C)O/N=C(\C(=O)NC1C(=O)N2C(C(=O)O)CS[C@H]12)c1csc(N)n1. The first-order chi connectivity index (χ1) is 15.4. The number of hydrogen-bond donors (Lipinski definition) is 3. The van der Waals surface area contributed by atoms with Gasteiger partial charge in [-0.15, -0.1) is 23.1 Å². The molecule has 0 bridgehead atoms. The number of aromatic nitrogens is 1. The number of fused-ring (bicyclic) bond motifs is 1. The van der Waals surface area contributed by atoms with Crippen LogP contribution < -0.4 is 11.1 Å². The summed E-state index contributed by atoms with van der Waals surface area (Å²) in [7, 11) is 0. The van der Waals surface area contributed by atoms with E-state index in [1.165, 1.54) is 35.9 Å². The fourth-order valence-electron chi connectivity index (χ4n) is 3.01. The molecule has 0 aliphatic carbocycles. The molecule has 2 amide bonds. The lowest BCUT2D eigenvalue weighted by Crippen LogP contribution is -2.70. The van der Waals surface area contributed by atoms with Gasteiger partial charge in [-0.25, -0.2) is 14.6 Å². The number of amides is 2. The molecular weight excluding hydrogens is 474 g/mol. The van der Waals surface area contributed by atoms with Crippen molar-refractivity contribution >= 4 is 57.7 Å². The van der Waals surface area contributed by atoms with Crippen LogP contribution in [0.3, 0.4) is 0 Å². The number of β-lactam (4-membered cyclic amide) rings is 1. The highest BCUT2D eigenvalue weighted by Gasteiger charge is 2.57. The maximum absolute atomic E-state index is 13.0. The van der Waals surface area contributed by atoms with Crippen LogP contribution in [0, 0.1) is 5.92 Å². The van der Waals surface area contributed by atoms with E-state index < -0.39 is 46.8 Å². The lowest BCUT2D eigenvalue weighted by molar-refractivity contribution is -0.169. The average molecular weight is 500 g/mol. The molecule has 33 heavy (non-hydrogen) atoms. The molecule has 2 unspecified atom stereocenters. The average Bonchev–Trinajstić information content (AvgIpc) is 3.34. The zero-order valence-electron chi connectivity index (χ0n) is 18.4. The second-order valence-corrected chi connectivity index (χ2v) is 10.4. The van der Waals surface area contributed by atoms with Gasteiger partial charge in [0, 0.05) is 11.1 Å². The summed E-state index contributed by atoms with van der Waals surface area (Å²) in [5, 5.41) is 16.8. The van der Waals surface area contributed by atoms with Crippen molar-refractivity contribution < 1.29 is 33.9 Å². The van der Waals surface area contributed by atoms with Gasteiger partial charge in [0.1, 0.15) is 23.2 Å². The zero-order valence-corrected chi connectivity index (χ0v) is 20.1. The number of nitrogen functional groups attached to an aromatic ring is 1. The Morgan fingerprint density at radius 3 is 2.70 bits per heavy atom. The Hall–Kier alpha value is -2.87. The van der Waals surface area contributed by atoms with E-state index in [1.807, 2.05) is 13.8 Å². The number of nitrogens with one attached hydrogen (secondary N) is 1. The predicted octanol–water partition coefficient (Wildman–Crippen LogP) is 0.277. The van der Waals surface area contributed by atoms with E-state index in [9.17, 15) is 24.3 Å². The Labute approximate surface area is 197 Å². The minimum atomic E-state index is -1.50. The van der Waals surface area contributed by atoms with Crippen LogP contribution >= 0.6 is 23.1 Å².